The predicted molar refractivity (Wildman–Crippen MR) is 75.6 cm³/mol. The summed E-state index contributed by atoms with van der Waals surface area (Å²) in [5.74, 6) is 1.21. The SMILES string of the molecule is COc1ccnc(NC(C)CN2CCN(C)CC2)n1. The van der Waals surface area contributed by atoms with Gasteiger partial charge in [-0.1, -0.05) is 0 Å². The number of hydrogen-bond acceptors (Lipinski definition) is 6. The van der Waals surface area contributed by atoms with E-state index in [1.165, 1.54) is 0 Å². The Labute approximate surface area is 114 Å². The standard InChI is InChI=1S/C13H23N5O/c1-11(10-18-8-6-17(2)7-9-18)15-13-14-5-4-12(16-13)19-3/h4-5,11H,6-10H2,1-3H3,(H,14,15,16). The van der Waals surface area contributed by atoms with Crippen LogP contribution in [0.1, 0.15) is 6.92 Å². The molecule has 0 aromatic carbocycles. The highest BCUT2D eigenvalue weighted by Gasteiger charge is 2.16. The molecule has 6 nitrogen and oxygen atoms in total. The second-order valence-electron chi connectivity index (χ2n) is 5.07. The van der Waals surface area contributed by atoms with Crippen LogP contribution >= 0.6 is 0 Å². The van der Waals surface area contributed by atoms with E-state index in [9.17, 15) is 0 Å². The summed E-state index contributed by atoms with van der Waals surface area (Å²) < 4.78 is 5.09. The lowest BCUT2D eigenvalue weighted by atomic mass is 10.2. The molecule has 0 bridgehead atoms. The molecule has 1 N–H and O–H groups in total. The Hall–Kier alpha value is -1.40. The van der Waals surface area contributed by atoms with Gasteiger partial charge in [-0.25, -0.2) is 4.98 Å². The fraction of sp³-hybridized carbons (Fsp3) is 0.692. The zero-order chi connectivity index (χ0) is 13.7. The van der Waals surface area contributed by atoms with Crippen molar-refractivity contribution < 1.29 is 4.74 Å². The fourth-order valence-corrected chi connectivity index (χ4v) is 2.21. The van der Waals surface area contributed by atoms with Crippen LogP contribution in [0.5, 0.6) is 5.88 Å². The number of nitrogens with zero attached hydrogens (tertiary/aromatic N) is 4. The van der Waals surface area contributed by atoms with Gasteiger partial charge in [-0.05, 0) is 14.0 Å². The Bertz CT molecular complexity index is 392. The normalized spacial score (nSPS) is 19.1. The predicted octanol–water partition coefficient (Wildman–Crippen LogP) is 0.533. The van der Waals surface area contributed by atoms with E-state index < -0.39 is 0 Å². The first kappa shape index (κ1) is 14.0. The quantitative estimate of drug-likeness (QED) is 0.838. The number of likely N-dealkylation sites (N-methyl/N-ethyl adjacent to an activating group) is 1. The summed E-state index contributed by atoms with van der Waals surface area (Å²) in [6.45, 7) is 7.70. The molecule has 1 aromatic heterocycles. The van der Waals surface area contributed by atoms with Gasteiger partial charge >= 0.3 is 0 Å². The third kappa shape index (κ3) is 4.33. The molecule has 19 heavy (non-hydrogen) atoms. The van der Waals surface area contributed by atoms with Crippen molar-refractivity contribution in [3.63, 3.8) is 0 Å². The number of ether oxygens (including phenoxy) is 1. The summed E-state index contributed by atoms with van der Waals surface area (Å²) in [7, 11) is 3.78. The van der Waals surface area contributed by atoms with Gasteiger partial charge in [-0.15, -0.1) is 0 Å². The van der Waals surface area contributed by atoms with Gasteiger partial charge in [-0.2, -0.15) is 4.98 Å². The monoisotopic (exact) mass is 265 g/mol. The Balaban J connectivity index is 1.81. The van der Waals surface area contributed by atoms with Crippen LogP contribution < -0.4 is 10.1 Å². The molecule has 1 unspecified atom stereocenters. The van der Waals surface area contributed by atoms with E-state index in [2.05, 4.69) is 39.1 Å². The van der Waals surface area contributed by atoms with Gasteiger partial charge in [0.05, 0.1) is 7.11 Å². The van der Waals surface area contributed by atoms with E-state index >= 15 is 0 Å². The zero-order valence-electron chi connectivity index (χ0n) is 12.0. The molecule has 2 heterocycles. The molecule has 1 atom stereocenters. The van der Waals surface area contributed by atoms with Gasteiger partial charge < -0.3 is 15.0 Å². The van der Waals surface area contributed by atoms with Crippen molar-refractivity contribution in [1.29, 1.82) is 0 Å². The molecule has 1 aromatic rings. The first-order valence-electron chi connectivity index (χ1n) is 6.72. The molecule has 1 aliphatic rings. The number of aromatic nitrogens is 2. The molecule has 106 valence electrons. The number of nitrogens with one attached hydrogen (secondary N) is 1. The largest absolute Gasteiger partial charge is 0.481 e. The van der Waals surface area contributed by atoms with E-state index in [1.54, 1.807) is 19.4 Å². The second kappa shape index (κ2) is 6.68. The molecule has 2 rings (SSSR count). The van der Waals surface area contributed by atoms with Crippen LogP contribution in [-0.2, 0) is 0 Å². The fourth-order valence-electron chi connectivity index (χ4n) is 2.21. The van der Waals surface area contributed by atoms with Crippen molar-refractivity contribution >= 4 is 5.95 Å². The van der Waals surface area contributed by atoms with Crippen LogP contribution in [0.25, 0.3) is 0 Å². The van der Waals surface area contributed by atoms with Crippen molar-refractivity contribution in [2.45, 2.75) is 13.0 Å². The third-order valence-electron chi connectivity index (χ3n) is 3.34. The van der Waals surface area contributed by atoms with Crippen molar-refractivity contribution in [2.24, 2.45) is 0 Å². The van der Waals surface area contributed by atoms with Gasteiger partial charge in [0, 0.05) is 51.0 Å². The lowest BCUT2D eigenvalue weighted by molar-refractivity contribution is 0.151. The van der Waals surface area contributed by atoms with Gasteiger partial charge in [0.1, 0.15) is 0 Å². The Kier molecular flexibility index (Phi) is 4.93. The topological polar surface area (TPSA) is 53.5 Å². The van der Waals surface area contributed by atoms with Crippen molar-refractivity contribution in [3.8, 4) is 5.88 Å². The Morgan fingerprint density at radius 3 is 2.79 bits per heavy atom. The number of anilines is 1. The van der Waals surface area contributed by atoms with Crippen LogP contribution in [-0.4, -0.2) is 72.7 Å². The number of methoxy groups -OCH3 is 1. The van der Waals surface area contributed by atoms with E-state index in [0.29, 0.717) is 17.9 Å². The highest BCUT2D eigenvalue weighted by atomic mass is 16.5. The van der Waals surface area contributed by atoms with Crippen molar-refractivity contribution in [1.82, 2.24) is 19.8 Å². The molecule has 1 fully saturated rings. The van der Waals surface area contributed by atoms with E-state index in [4.69, 9.17) is 4.74 Å². The average molecular weight is 265 g/mol. The van der Waals surface area contributed by atoms with Crippen LogP contribution in [0, 0.1) is 0 Å². The molecule has 0 amide bonds. The van der Waals surface area contributed by atoms with Gasteiger partial charge in [0.15, 0.2) is 0 Å². The molecule has 0 spiro atoms. The van der Waals surface area contributed by atoms with Crippen molar-refractivity contribution in [3.05, 3.63) is 12.3 Å². The van der Waals surface area contributed by atoms with Crippen LogP contribution in [0.3, 0.4) is 0 Å². The van der Waals surface area contributed by atoms with Gasteiger partial charge in [-0.3, -0.25) is 4.90 Å². The molecule has 1 saturated heterocycles. The molecule has 1 aliphatic heterocycles. The minimum absolute atomic E-state index is 0.315. The maximum absolute atomic E-state index is 5.09. The van der Waals surface area contributed by atoms with Crippen molar-refractivity contribution in [2.75, 3.05) is 52.2 Å². The average Bonchev–Trinajstić information content (AvgIpc) is 2.41. The molecule has 0 aliphatic carbocycles. The summed E-state index contributed by atoms with van der Waals surface area (Å²) in [5.41, 5.74) is 0. The van der Waals surface area contributed by atoms with Crippen LogP contribution in [0.15, 0.2) is 12.3 Å². The van der Waals surface area contributed by atoms with E-state index in [-0.39, 0.29) is 0 Å². The summed E-state index contributed by atoms with van der Waals surface area (Å²) in [5, 5.41) is 3.32. The Morgan fingerprint density at radius 2 is 2.11 bits per heavy atom. The summed E-state index contributed by atoms with van der Waals surface area (Å²) in [6, 6.07) is 2.06. The Morgan fingerprint density at radius 1 is 1.37 bits per heavy atom. The lowest BCUT2D eigenvalue weighted by Crippen LogP contribution is -2.47. The maximum Gasteiger partial charge on any atom is 0.226 e. The number of hydrogen-bond donors (Lipinski definition) is 1. The minimum Gasteiger partial charge on any atom is -0.481 e. The summed E-state index contributed by atoms with van der Waals surface area (Å²) in [4.78, 5) is 13.3. The first-order valence-corrected chi connectivity index (χ1v) is 6.72. The molecule has 0 saturated carbocycles. The highest BCUT2D eigenvalue weighted by Crippen LogP contribution is 2.09. The number of rotatable bonds is 5. The van der Waals surface area contributed by atoms with E-state index in [1.807, 2.05) is 0 Å². The second-order valence-corrected chi connectivity index (χ2v) is 5.07. The maximum atomic E-state index is 5.09. The summed E-state index contributed by atoms with van der Waals surface area (Å²) in [6.07, 6.45) is 1.71. The van der Waals surface area contributed by atoms with Crippen LogP contribution in [0.2, 0.25) is 0 Å². The van der Waals surface area contributed by atoms with Gasteiger partial charge in [0.25, 0.3) is 0 Å². The first-order chi connectivity index (χ1) is 9.17. The summed E-state index contributed by atoms with van der Waals surface area (Å²) >= 11 is 0. The van der Waals surface area contributed by atoms with Gasteiger partial charge in [0.2, 0.25) is 11.8 Å². The molecular formula is C13H23N5O. The zero-order valence-corrected chi connectivity index (χ0v) is 12.0. The highest BCUT2D eigenvalue weighted by molar-refractivity contribution is 5.28. The van der Waals surface area contributed by atoms with E-state index in [0.717, 1.165) is 32.7 Å². The molecule has 6 heteroatoms. The third-order valence-corrected chi connectivity index (χ3v) is 3.34. The number of piperazine rings is 1. The molecular weight excluding hydrogens is 242 g/mol. The lowest BCUT2D eigenvalue weighted by Gasteiger charge is -2.34. The minimum atomic E-state index is 0.315. The van der Waals surface area contributed by atoms with Crippen LogP contribution in [0.4, 0.5) is 5.95 Å². The molecule has 0 radical (unpaired) electrons. The smallest absolute Gasteiger partial charge is 0.226 e.